The van der Waals surface area contributed by atoms with Crippen molar-refractivity contribution in [3.8, 4) is 11.5 Å². The second-order valence-corrected chi connectivity index (χ2v) is 13.0. The van der Waals surface area contributed by atoms with Crippen molar-refractivity contribution in [2.45, 2.75) is 32.6 Å². The lowest BCUT2D eigenvalue weighted by atomic mass is 10.1. The molecule has 0 saturated carbocycles. The number of amides is 4. The number of halogens is 2. The Balaban J connectivity index is 0.00000378. The summed E-state index contributed by atoms with van der Waals surface area (Å²) < 4.78 is 11.7. The molecule has 1 aromatic heterocycles. The number of nitrogens with zero attached hydrogens (tertiary/aromatic N) is 5. The molecule has 0 aliphatic carbocycles. The van der Waals surface area contributed by atoms with Crippen molar-refractivity contribution in [1.82, 2.24) is 24.7 Å². The number of aromatic amines is 1. The number of hydrogen-bond acceptors (Lipinski definition) is 8. The summed E-state index contributed by atoms with van der Waals surface area (Å²) in [6.07, 6.45) is 3.01. The van der Waals surface area contributed by atoms with Crippen molar-refractivity contribution in [2.24, 2.45) is 0 Å². The molecule has 1 aliphatic heterocycles. The minimum atomic E-state index is -0.450. The fraction of sp³-hybridized carbons (Fsp3) is 0.395. The Morgan fingerprint density at radius 2 is 1.62 bits per heavy atom. The van der Waals surface area contributed by atoms with Crippen LogP contribution >= 0.6 is 24.8 Å². The predicted octanol–water partition coefficient (Wildman–Crippen LogP) is 5.67. The lowest BCUT2D eigenvalue weighted by molar-refractivity contribution is -0.132. The van der Waals surface area contributed by atoms with Crippen LogP contribution in [0.25, 0.3) is 11.0 Å². The maximum atomic E-state index is 13.7. The van der Waals surface area contributed by atoms with Gasteiger partial charge in [-0.05, 0) is 81.3 Å². The van der Waals surface area contributed by atoms with Crippen LogP contribution in [-0.2, 0) is 4.79 Å². The van der Waals surface area contributed by atoms with Crippen molar-refractivity contribution in [3.05, 3.63) is 77.1 Å². The predicted molar refractivity (Wildman–Crippen MR) is 212 cm³/mol. The summed E-state index contributed by atoms with van der Waals surface area (Å²) in [4.78, 5) is 66.6. The minimum absolute atomic E-state index is 0. The van der Waals surface area contributed by atoms with Gasteiger partial charge in [0.1, 0.15) is 17.0 Å². The molecule has 1 fully saturated rings. The molecule has 0 unspecified atom stereocenters. The van der Waals surface area contributed by atoms with E-state index in [-0.39, 0.29) is 53.9 Å². The number of likely N-dealkylation sites (N-methyl/N-ethyl adjacent to an activating group) is 1. The third kappa shape index (κ3) is 10.4. The minimum Gasteiger partial charge on any atom is -0.495 e. The highest BCUT2D eigenvalue weighted by atomic mass is 35.5. The third-order valence-corrected chi connectivity index (χ3v) is 8.99. The van der Waals surface area contributed by atoms with E-state index in [4.69, 9.17) is 9.47 Å². The Morgan fingerprint density at radius 1 is 0.887 bits per heavy atom. The number of carbonyl (C=O) groups excluding carboxylic acids is 4. The van der Waals surface area contributed by atoms with E-state index in [9.17, 15) is 19.2 Å². The average molecular weight is 771 g/mol. The van der Waals surface area contributed by atoms with E-state index in [1.807, 2.05) is 30.0 Å². The fourth-order valence-corrected chi connectivity index (χ4v) is 5.91. The third-order valence-electron chi connectivity index (χ3n) is 8.99. The van der Waals surface area contributed by atoms with Crippen molar-refractivity contribution < 1.29 is 28.7 Å². The van der Waals surface area contributed by atoms with Crippen LogP contribution in [-0.4, -0.2) is 116 Å². The van der Waals surface area contributed by atoms with Gasteiger partial charge in [0, 0.05) is 59.3 Å². The van der Waals surface area contributed by atoms with Gasteiger partial charge < -0.3 is 39.4 Å². The zero-order chi connectivity index (χ0) is 36.7. The molecule has 1 aliphatic rings. The molecule has 286 valence electrons. The van der Waals surface area contributed by atoms with E-state index in [0.29, 0.717) is 52.5 Å². The highest BCUT2D eigenvalue weighted by Crippen LogP contribution is 2.32. The molecule has 4 aromatic rings. The van der Waals surface area contributed by atoms with Crippen LogP contribution in [0, 0.1) is 6.92 Å². The SMILES string of the molecule is COc1cc(C(=O)N(C)c2ccc(C)cc2OCCCCCC(=O)N2CCN(C)CC2)ccc1NC(=O)c1cccc2[nH]c(C(=O)N(C)C)nc12.Cl.Cl. The van der Waals surface area contributed by atoms with Gasteiger partial charge in [0.25, 0.3) is 17.7 Å². The number of imidazole rings is 1. The van der Waals surface area contributed by atoms with Crippen molar-refractivity contribution in [1.29, 1.82) is 0 Å². The number of aryl methyl sites for hydroxylation is 1. The molecule has 2 heterocycles. The molecule has 53 heavy (non-hydrogen) atoms. The topological polar surface area (TPSA) is 140 Å². The molecule has 4 amide bonds. The first-order valence-corrected chi connectivity index (χ1v) is 17.1. The fourth-order valence-electron chi connectivity index (χ4n) is 5.91. The smallest absolute Gasteiger partial charge is 0.289 e. The summed E-state index contributed by atoms with van der Waals surface area (Å²) in [6.45, 7) is 5.85. The maximum Gasteiger partial charge on any atom is 0.289 e. The standard InChI is InChI=1S/C38H47N7O6.2ClH/c1-25-14-17-30(32(23-25)51-22-9-7-8-13-33(46)45-20-18-43(4)19-21-45)44(5)37(48)26-15-16-28(31(24-26)50-6)40-36(47)27-11-10-12-29-34(27)41-35(39-29)38(49)42(2)3;;/h10-12,14-17,23-24H,7-9,13,18-22H2,1-6H3,(H,39,41)(H,40,47);2*1H. The number of hydrogen-bond donors (Lipinski definition) is 2. The van der Waals surface area contributed by atoms with Crippen LogP contribution in [0.1, 0.15) is 62.6 Å². The molecule has 15 heteroatoms. The van der Waals surface area contributed by atoms with Gasteiger partial charge in [0.15, 0.2) is 5.82 Å². The highest BCUT2D eigenvalue weighted by molar-refractivity contribution is 6.13. The monoisotopic (exact) mass is 769 g/mol. The van der Waals surface area contributed by atoms with Gasteiger partial charge >= 0.3 is 0 Å². The van der Waals surface area contributed by atoms with E-state index in [0.717, 1.165) is 51.0 Å². The van der Waals surface area contributed by atoms with Crippen molar-refractivity contribution in [3.63, 3.8) is 0 Å². The summed E-state index contributed by atoms with van der Waals surface area (Å²) in [5.41, 5.74) is 3.52. The number of nitrogens with one attached hydrogen (secondary N) is 2. The molecule has 2 N–H and O–H groups in total. The van der Waals surface area contributed by atoms with E-state index in [1.165, 1.54) is 16.9 Å². The number of unbranched alkanes of at least 4 members (excludes halogenated alkanes) is 2. The average Bonchev–Trinajstić information content (AvgIpc) is 3.57. The lowest BCUT2D eigenvalue weighted by Gasteiger charge is -2.32. The number of anilines is 2. The molecule has 3 aromatic carbocycles. The molecule has 0 atom stereocenters. The van der Waals surface area contributed by atoms with Crippen molar-refractivity contribution >= 4 is 70.9 Å². The second kappa shape index (κ2) is 19.3. The zero-order valence-corrected chi connectivity index (χ0v) is 32.7. The van der Waals surface area contributed by atoms with Crippen LogP contribution in [0.5, 0.6) is 11.5 Å². The molecular weight excluding hydrogens is 721 g/mol. The van der Waals surface area contributed by atoms with Crippen LogP contribution in [0.15, 0.2) is 54.6 Å². The lowest BCUT2D eigenvalue weighted by Crippen LogP contribution is -2.47. The Labute approximate surface area is 322 Å². The van der Waals surface area contributed by atoms with Gasteiger partial charge in [0.2, 0.25) is 5.91 Å². The Hall–Kier alpha value is -4.85. The normalized spacial score (nSPS) is 12.7. The number of fused-ring (bicyclic) bond motifs is 1. The van der Waals surface area contributed by atoms with E-state index >= 15 is 0 Å². The molecule has 1 saturated heterocycles. The number of ether oxygens (including phenoxy) is 2. The second-order valence-electron chi connectivity index (χ2n) is 13.0. The maximum absolute atomic E-state index is 13.7. The van der Waals surface area contributed by atoms with E-state index < -0.39 is 5.91 Å². The quantitative estimate of drug-likeness (QED) is 0.166. The number of aromatic nitrogens is 2. The number of H-pyrrole nitrogens is 1. The first-order chi connectivity index (χ1) is 24.5. The zero-order valence-electron chi connectivity index (χ0n) is 31.1. The van der Waals surface area contributed by atoms with Crippen LogP contribution in [0.3, 0.4) is 0 Å². The summed E-state index contributed by atoms with van der Waals surface area (Å²) in [6, 6.07) is 15.6. The molecule has 13 nitrogen and oxygen atoms in total. The summed E-state index contributed by atoms with van der Waals surface area (Å²) in [7, 11) is 8.48. The van der Waals surface area contributed by atoms with Crippen LogP contribution < -0.4 is 19.7 Å². The number of para-hydroxylation sites is 1. The van der Waals surface area contributed by atoms with Gasteiger partial charge in [-0.25, -0.2) is 4.98 Å². The molecule has 0 radical (unpaired) electrons. The van der Waals surface area contributed by atoms with Gasteiger partial charge in [0.05, 0.1) is 36.2 Å². The molecule has 0 spiro atoms. The van der Waals surface area contributed by atoms with Gasteiger partial charge in [-0.15, -0.1) is 24.8 Å². The Bertz CT molecular complexity index is 1910. The number of rotatable bonds is 13. The number of methoxy groups -OCH3 is 1. The van der Waals surface area contributed by atoms with E-state index in [1.54, 1.807) is 57.5 Å². The Kier molecular flexibility index (Phi) is 15.5. The largest absolute Gasteiger partial charge is 0.495 e. The summed E-state index contributed by atoms with van der Waals surface area (Å²) >= 11 is 0. The first kappa shape index (κ1) is 42.6. The molecule has 5 rings (SSSR count). The number of benzene rings is 3. The Morgan fingerprint density at radius 3 is 2.32 bits per heavy atom. The van der Waals surface area contributed by atoms with Gasteiger partial charge in [-0.1, -0.05) is 12.1 Å². The number of piperazine rings is 1. The highest BCUT2D eigenvalue weighted by Gasteiger charge is 2.22. The molecule has 0 bridgehead atoms. The summed E-state index contributed by atoms with van der Waals surface area (Å²) in [5.74, 6) is 0.193. The van der Waals surface area contributed by atoms with Crippen molar-refractivity contribution in [2.75, 3.05) is 78.3 Å². The molecular formula is C38H49Cl2N7O6. The van der Waals surface area contributed by atoms with Crippen LogP contribution in [0.4, 0.5) is 11.4 Å². The van der Waals surface area contributed by atoms with E-state index in [2.05, 4.69) is 27.2 Å². The first-order valence-electron chi connectivity index (χ1n) is 17.1. The van der Waals surface area contributed by atoms with Gasteiger partial charge in [-0.2, -0.15) is 0 Å². The van der Waals surface area contributed by atoms with Gasteiger partial charge in [-0.3, -0.25) is 19.2 Å². The number of carbonyl (C=O) groups is 4. The van der Waals surface area contributed by atoms with Crippen LogP contribution in [0.2, 0.25) is 0 Å². The summed E-state index contributed by atoms with van der Waals surface area (Å²) in [5, 5.41) is 2.85.